The fourth-order valence-electron chi connectivity index (χ4n) is 3.00. The van der Waals surface area contributed by atoms with Crippen molar-refractivity contribution in [1.29, 1.82) is 0 Å². The predicted molar refractivity (Wildman–Crippen MR) is 122 cm³/mol. The van der Waals surface area contributed by atoms with E-state index in [4.69, 9.17) is 21.4 Å². The van der Waals surface area contributed by atoms with Crippen LogP contribution in [0, 0.1) is 5.41 Å². The number of hydrogen-bond donors (Lipinski definition) is 2. The van der Waals surface area contributed by atoms with Crippen LogP contribution in [-0.4, -0.2) is 39.1 Å². The molecule has 0 aliphatic heterocycles. The summed E-state index contributed by atoms with van der Waals surface area (Å²) in [6.07, 6.45) is 1.08. The van der Waals surface area contributed by atoms with Gasteiger partial charge >= 0.3 is 6.09 Å². The summed E-state index contributed by atoms with van der Waals surface area (Å²) >= 11 is 7.95. The number of ether oxygens (including phenoxy) is 1. The van der Waals surface area contributed by atoms with Gasteiger partial charge in [0.25, 0.3) is 0 Å². The molecule has 2 heterocycles. The first kappa shape index (κ1) is 23.0. The van der Waals surface area contributed by atoms with E-state index in [-0.39, 0.29) is 11.5 Å². The van der Waals surface area contributed by atoms with Crippen molar-refractivity contribution in [1.82, 2.24) is 20.1 Å². The molecule has 0 saturated carbocycles. The minimum absolute atomic E-state index is 0.279. The number of halogens is 1. The van der Waals surface area contributed by atoms with Crippen molar-refractivity contribution in [2.75, 3.05) is 7.11 Å². The SMILES string of the molecule is COc1cc(Sc2cc(CC(NC(=O)O)C(C)(C)C)nn2-c2ccccc2Cl)ccn1. The van der Waals surface area contributed by atoms with Crippen LogP contribution >= 0.6 is 23.4 Å². The molecule has 0 radical (unpaired) electrons. The van der Waals surface area contributed by atoms with Crippen LogP contribution in [0.2, 0.25) is 5.02 Å². The summed E-state index contributed by atoms with van der Waals surface area (Å²) in [5.41, 5.74) is 1.23. The highest BCUT2D eigenvalue weighted by molar-refractivity contribution is 7.99. The van der Waals surface area contributed by atoms with Crippen molar-refractivity contribution in [3.8, 4) is 11.6 Å². The summed E-state index contributed by atoms with van der Waals surface area (Å²) < 4.78 is 7.01. The molecule has 0 aliphatic rings. The quantitative estimate of drug-likeness (QED) is 0.497. The van der Waals surface area contributed by atoms with Crippen LogP contribution in [0.1, 0.15) is 26.5 Å². The molecule has 31 heavy (non-hydrogen) atoms. The fraction of sp³-hybridized carbons (Fsp3) is 0.318. The first-order chi connectivity index (χ1) is 14.7. The minimum Gasteiger partial charge on any atom is -0.481 e. The van der Waals surface area contributed by atoms with Gasteiger partial charge in [0.2, 0.25) is 5.88 Å². The Bertz CT molecular complexity index is 1060. The van der Waals surface area contributed by atoms with Gasteiger partial charge in [0, 0.05) is 29.6 Å². The highest BCUT2D eigenvalue weighted by Crippen LogP contribution is 2.34. The van der Waals surface area contributed by atoms with Crippen molar-refractivity contribution in [2.24, 2.45) is 5.41 Å². The van der Waals surface area contributed by atoms with E-state index in [1.165, 1.54) is 11.8 Å². The third kappa shape index (κ3) is 5.92. The lowest BCUT2D eigenvalue weighted by molar-refractivity contribution is 0.174. The maximum Gasteiger partial charge on any atom is 0.404 e. The van der Waals surface area contributed by atoms with E-state index in [2.05, 4.69) is 10.3 Å². The highest BCUT2D eigenvalue weighted by Gasteiger charge is 2.28. The number of methoxy groups -OCH3 is 1. The molecule has 1 atom stereocenters. The molecule has 9 heteroatoms. The largest absolute Gasteiger partial charge is 0.481 e. The van der Waals surface area contributed by atoms with Crippen molar-refractivity contribution in [3.05, 3.63) is 59.4 Å². The van der Waals surface area contributed by atoms with Gasteiger partial charge in [-0.05, 0) is 29.7 Å². The average Bonchev–Trinajstić information content (AvgIpc) is 3.09. The Hall–Kier alpha value is -2.71. The number of nitrogens with zero attached hydrogens (tertiary/aromatic N) is 3. The lowest BCUT2D eigenvalue weighted by atomic mass is 9.84. The standard InChI is InChI=1S/C22H25ClN4O3S/c1-22(2,3)18(25-21(28)29)11-14-12-20(31-15-9-10-24-19(13-15)30-4)27(26-14)17-8-6-5-7-16(17)23/h5-10,12-13,18,25H,11H2,1-4H3,(H,28,29). The Balaban J connectivity index is 2.01. The molecule has 164 valence electrons. The molecule has 7 nitrogen and oxygen atoms in total. The number of nitrogens with one attached hydrogen (secondary N) is 1. The second-order valence-corrected chi connectivity index (χ2v) is 9.55. The van der Waals surface area contributed by atoms with Gasteiger partial charge < -0.3 is 15.2 Å². The van der Waals surface area contributed by atoms with E-state index in [0.29, 0.717) is 17.3 Å². The number of para-hydroxylation sites is 1. The van der Waals surface area contributed by atoms with Gasteiger partial charge in [-0.1, -0.05) is 56.3 Å². The number of amides is 1. The zero-order chi connectivity index (χ0) is 22.6. The van der Waals surface area contributed by atoms with Gasteiger partial charge in [0.15, 0.2) is 0 Å². The highest BCUT2D eigenvalue weighted by atomic mass is 35.5. The Morgan fingerprint density at radius 3 is 2.68 bits per heavy atom. The normalized spacial score (nSPS) is 12.4. The number of benzene rings is 1. The first-order valence-corrected chi connectivity index (χ1v) is 10.9. The number of aromatic nitrogens is 3. The van der Waals surface area contributed by atoms with E-state index < -0.39 is 6.09 Å². The molecule has 1 amide bonds. The van der Waals surface area contributed by atoms with Gasteiger partial charge in [0.1, 0.15) is 5.03 Å². The van der Waals surface area contributed by atoms with E-state index in [1.54, 1.807) is 18.0 Å². The Kier molecular flexibility index (Phi) is 7.12. The summed E-state index contributed by atoms with van der Waals surface area (Å²) in [7, 11) is 1.57. The Labute approximate surface area is 190 Å². The van der Waals surface area contributed by atoms with Crippen molar-refractivity contribution >= 4 is 29.5 Å². The maximum absolute atomic E-state index is 11.3. The first-order valence-electron chi connectivity index (χ1n) is 9.68. The van der Waals surface area contributed by atoms with Gasteiger partial charge in [-0.15, -0.1) is 0 Å². The molecule has 0 aliphatic carbocycles. The van der Waals surface area contributed by atoms with Crippen molar-refractivity contribution < 1.29 is 14.6 Å². The number of rotatable bonds is 7. The van der Waals surface area contributed by atoms with Crippen LogP contribution in [0.4, 0.5) is 4.79 Å². The molecule has 0 saturated heterocycles. The summed E-state index contributed by atoms with van der Waals surface area (Å²) in [6.45, 7) is 5.99. The molecule has 3 rings (SSSR count). The van der Waals surface area contributed by atoms with Gasteiger partial charge in [-0.25, -0.2) is 14.5 Å². The van der Waals surface area contributed by atoms with Crippen molar-refractivity contribution in [3.63, 3.8) is 0 Å². The minimum atomic E-state index is -1.05. The third-order valence-corrected chi connectivity index (χ3v) is 6.01. The molecule has 2 N–H and O–H groups in total. The summed E-state index contributed by atoms with van der Waals surface area (Å²) in [5, 5.41) is 18.1. The Morgan fingerprint density at radius 2 is 2.03 bits per heavy atom. The second kappa shape index (κ2) is 9.62. The molecule has 3 aromatic rings. The molecule has 2 aromatic heterocycles. The van der Waals surface area contributed by atoms with Crippen LogP contribution in [0.5, 0.6) is 5.88 Å². The lowest BCUT2D eigenvalue weighted by Crippen LogP contribution is -2.44. The van der Waals surface area contributed by atoms with Crippen LogP contribution in [0.15, 0.2) is 58.6 Å². The topological polar surface area (TPSA) is 89.3 Å². The van der Waals surface area contributed by atoms with E-state index in [0.717, 1.165) is 21.3 Å². The van der Waals surface area contributed by atoms with Gasteiger partial charge in [-0.2, -0.15) is 5.10 Å². The second-order valence-electron chi connectivity index (χ2n) is 8.05. The maximum atomic E-state index is 11.3. The van der Waals surface area contributed by atoms with Gasteiger partial charge in [-0.3, -0.25) is 0 Å². The number of carbonyl (C=O) groups is 1. The van der Waals surface area contributed by atoms with Crippen LogP contribution in [-0.2, 0) is 6.42 Å². The number of pyridine rings is 1. The number of hydrogen-bond acceptors (Lipinski definition) is 5. The molecule has 0 spiro atoms. The molecular formula is C22H25ClN4O3S. The van der Waals surface area contributed by atoms with Crippen LogP contribution in [0.25, 0.3) is 5.69 Å². The average molecular weight is 461 g/mol. The van der Waals surface area contributed by atoms with Crippen LogP contribution < -0.4 is 10.1 Å². The van der Waals surface area contributed by atoms with Crippen LogP contribution in [0.3, 0.4) is 0 Å². The van der Waals surface area contributed by atoms with E-state index >= 15 is 0 Å². The number of carboxylic acid groups (broad SMARTS) is 1. The van der Waals surface area contributed by atoms with Crippen molar-refractivity contribution in [2.45, 2.75) is 43.2 Å². The third-order valence-electron chi connectivity index (χ3n) is 4.70. The molecule has 0 bridgehead atoms. The molecule has 0 fully saturated rings. The molecule has 1 aromatic carbocycles. The summed E-state index contributed by atoms with van der Waals surface area (Å²) in [5.74, 6) is 0.521. The fourth-order valence-corrected chi connectivity index (χ4v) is 4.16. The summed E-state index contributed by atoms with van der Waals surface area (Å²) in [6, 6.07) is 12.9. The zero-order valence-electron chi connectivity index (χ0n) is 17.8. The summed E-state index contributed by atoms with van der Waals surface area (Å²) in [4.78, 5) is 16.4. The zero-order valence-corrected chi connectivity index (χ0v) is 19.4. The Morgan fingerprint density at radius 1 is 1.29 bits per heavy atom. The predicted octanol–water partition coefficient (Wildman–Crippen LogP) is 5.31. The molecular weight excluding hydrogens is 436 g/mol. The van der Waals surface area contributed by atoms with Gasteiger partial charge in [0.05, 0.1) is 23.5 Å². The smallest absolute Gasteiger partial charge is 0.404 e. The van der Waals surface area contributed by atoms with E-state index in [9.17, 15) is 9.90 Å². The monoisotopic (exact) mass is 460 g/mol. The van der Waals surface area contributed by atoms with E-state index in [1.807, 2.05) is 63.2 Å². The molecule has 1 unspecified atom stereocenters. The lowest BCUT2D eigenvalue weighted by Gasteiger charge is -2.29.